The van der Waals surface area contributed by atoms with Crippen LogP contribution < -0.4 is 0 Å². The Bertz CT molecular complexity index is 967. The van der Waals surface area contributed by atoms with Gasteiger partial charge in [-0.05, 0) is 45.7 Å². The van der Waals surface area contributed by atoms with E-state index in [1.54, 1.807) is 5.57 Å². The van der Waals surface area contributed by atoms with E-state index in [0.717, 1.165) is 6.42 Å². The van der Waals surface area contributed by atoms with Crippen molar-refractivity contribution in [1.82, 2.24) is 0 Å². The Morgan fingerprint density at radius 3 is 1.96 bits per heavy atom. The van der Waals surface area contributed by atoms with Crippen molar-refractivity contribution < 1.29 is 0 Å². The highest BCUT2D eigenvalue weighted by atomic mass is 14.5. The van der Waals surface area contributed by atoms with Crippen LogP contribution in [0.5, 0.6) is 0 Å². The molecule has 2 aliphatic rings. The summed E-state index contributed by atoms with van der Waals surface area (Å²) in [5.74, 6) is 0.565. The van der Waals surface area contributed by atoms with Crippen LogP contribution in [-0.4, -0.2) is 0 Å². The molecule has 0 amide bonds. The fraction of sp³-hybridized carbons (Fsp3) is 0.154. The molecule has 0 radical (unpaired) electrons. The Morgan fingerprint density at radius 2 is 1.31 bits per heavy atom. The van der Waals surface area contributed by atoms with Crippen molar-refractivity contribution in [3.05, 3.63) is 125 Å². The topological polar surface area (TPSA) is 0 Å². The van der Waals surface area contributed by atoms with Crippen LogP contribution in [-0.2, 0) is 5.41 Å². The summed E-state index contributed by atoms with van der Waals surface area (Å²) in [4.78, 5) is 0. The molecular formula is C26H22. The second-order valence-electron chi connectivity index (χ2n) is 7.46. The second kappa shape index (κ2) is 5.85. The van der Waals surface area contributed by atoms with Gasteiger partial charge in [0.05, 0.1) is 5.41 Å². The van der Waals surface area contributed by atoms with E-state index in [-0.39, 0.29) is 5.41 Å². The molecule has 2 aliphatic carbocycles. The lowest BCUT2D eigenvalue weighted by atomic mass is 9.65. The van der Waals surface area contributed by atoms with E-state index >= 15 is 0 Å². The maximum Gasteiger partial charge on any atom is 0.0676 e. The minimum atomic E-state index is -0.187. The quantitative estimate of drug-likeness (QED) is 0.510. The highest BCUT2D eigenvalue weighted by molar-refractivity contribution is 5.90. The van der Waals surface area contributed by atoms with Gasteiger partial charge in [-0.25, -0.2) is 0 Å². The van der Waals surface area contributed by atoms with Gasteiger partial charge in [0, 0.05) is 0 Å². The van der Waals surface area contributed by atoms with Gasteiger partial charge in [-0.1, -0.05) is 104 Å². The number of hydrogen-bond acceptors (Lipinski definition) is 0. The predicted octanol–water partition coefficient (Wildman–Crippen LogP) is 6.38. The van der Waals surface area contributed by atoms with Crippen molar-refractivity contribution in [1.29, 1.82) is 0 Å². The number of benzene rings is 3. The van der Waals surface area contributed by atoms with Gasteiger partial charge in [-0.3, -0.25) is 0 Å². The van der Waals surface area contributed by atoms with E-state index < -0.39 is 0 Å². The average Bonchev–Trinajstić information content (AvgIpc) is 3.00. The van der Waals surface area contributed by atoms with Crippen molar-refractivity contribution in [3.63, 3.8) is 0 Å². The summed E-state index contributed by atoms with van der Waals surface area (Å²) in [7, 11) is 0. The molecule has 0 nitrogen and oxygen atoms in total. The lowest BCUT2D eigenvalue weighted by molar-refractivity contribution is 0.622. The van der Waals surface area contributed by atoms with Crippen molar-refractivity contribution in [2.45, 2.75) is 18.8 Å². The average molecular weight is 334 g/mol. The molecule has 5 rings (SSSR count). The van der Waals surface area contributed by atoms with Crippen molar-refractivity contribution in [2.24, 2.45) is 5.92 Å². The molecule has 0 heterocycles. The van der Waals surface area contributed by atoms with Gasteiger partial charge >= 0.3 is 0 Å². The summed E-state index contributed by atoms with van der Waals surface area (Å²) in [5, 5.41) is 0. The lowest BCUT2D eigenvalue weighted by Crippen LogP contribution is -2.31. The van der Waals surface area contributed by atoms with Crippen LogP contribution in [0, 0.1) is 5.92 Å². The van der Waals surface area contributed by atoms with Gasteiger partial charge in [0.15, 0.2) is 0 Å². The normalized spacial score (nSPS) is 20.0. The molecule has 0 fully saturated rings. The van der Waals surface area contributed by atoms with Gasteiger partial charge in [0.2, 0.25) is 0 Å². The smallest absolute Gasteiger partial charge is 0.0676 e. The Balaban J connectivity index is 1.93. The summed E-state index contributed by atoms with van der Waals surface area (Å²) in [6.45, 7) is 2.32. The number of hydrogen-bond donors (Lipinski definition) is 0. The van der Waals surface area contributed by atoms with Gasteiger partial charge in [-0.15, -0.1) is 0 Å². The zero-order chi connectivity index (χ0) is 17.6. The fourth-order valence-electron chi connectivity index (χ4n) is 4.88. The molecule has 1 unspecified atom stereocenters. The molecule has 0 saturated heterocycles. The summed E-state index contributed by atoms with van der Waals surface area (Å²) in [6.07, 6.45) is 5.82. The summed E-state index contributed by atoms with van der Waals surface area (Å²) >= 11 is 0. The molecule has 0 aromatic heterocycles. The number of allylic oxidation sites excluding steroid dienone is 4. The van der Waals surface area contributed by atoms with Crippen molar-refractivity contribution in [2.75, 3.05) is 0 Å². The van der Waals surface area contributed by atoms with E-state index in [1.165, 1.54) is 27.8 Å². The van der Waals surface area contributed by atoms with Crippen LogP contribution in [0.3, 0.4) is 0 Å². The summed E-state index contributed by atoms with van der Waals surface area (Å²) < 4.78 is 0. The molecule has 0 heteroatoms. The zero-order valence-corrected chi connectivity index (χ0v) is 15.0. The van der Waals surface area contributed by atoms with Crippen molar-refractivity contribution in [3.8, 4) is 0 Å². The molecule has 3 aromatic rings. The first-order valence-electron chi connectivity index (χ1n) is 9.44. The minimum absolute atomic E-state index is 0.187. The zero-order valence-electron chi connectivity index (χ0n) is 15.0. The fourth-order valence-corrected chi connectivity index (χ4v) is 4.88. The van der Waals surface area contributed by atoms with Crippen LogP contribution in [0.2, 0.25) is 0 Å². The second-order valence-corrected chi connectivity index (χ2v) is 7.46. The molecule has 1 atom stereocenters. The van der Waals surface area contributed by atoms with Gasteiger partial charge in [-0.2, -0.15) is 0 Å². The Kier molecular flexibility index (Phi) is 3.46. The molecule has 26 heavy (non-hydrogen) atoms. The highest BCUT2D eigenvalue weighted by Crippen LogP contribution is 2.57. The first kappa shape index (κ1) is 15.4. The minimum Gasteiger partial charge on any atom is -0.0808 e. The monoisotopic (exact) mass is 334 g/mol. The Morgan fingerprint density at radius 1 is 0.731 bits per heavy atom. The molecular weight excluding hydrogens is 312 g/mol. The number of fused-ring (bicyclic) bond motifs is 2. The summed E-state index contributed by atoms with van der Waals surface area (Å²) in [5.41, 5.74) is 8.32. The summed E-state index contributed by atoms with van der Waals surface area (Å²) in [6, 6.07) is 31.1. The predicted molar refractivity (Wildman–Crippen MR) is 109 cm³/mol. The van der Waals surface area contributed by atoms with E-state index in [0.29, 0.717) is 5.92 Å². The number of rotatable bonds is 2. The lowest BCUT2D eigenvalue weighted by Gasteiger charge is -2.37. The Labute approximate surface area is 155 Å². The van der Waals surface area contributed by atoms with Crippen LogP contribution in [0.25, 0.3) is 5.57 Å². The molecule has 0 bridgehead atoms. The molecule has 126 valence electrons. The van der Waals surface area contributed by atoms with Crippen LogP contribution in [0.15, 0.2) is 103 Å². The maximum atomic E-state index is 2.36. The van der Waals surface area contributed by atoms with Gasteiger partial charge in [0.25, 0.3) is 0 Å². The first-order chi connectivity index (χ1) is 12.8. The highest BCUT2D eigenvalue weighted by Gasteiger charge is 2.47. The third kappa shape index (κ3) is 2.02. The molecule has 0 aliphatic heterocycles. The van der Waals surface area contributed by atoms with E-state index in [4.69, 9.17) is 0 Å². The van der Waals surface area contributed by atoms with Crippen molar-refractivity contribution >= 4 is 5.57 Å². The molecule has 0 spiro atoms. The molecule has 0 saturated carbocycles. The Hall–Kier alpha value is -2.86. The molecule has 3 aromatic carbocycles. The largest absolute Gasteiger partial charge is 0.0808 e. The third-order valence-electron chi connectivity index (χ3n) is 5.93. The van der Waals surface area contributed by atoms with Gasteiger partial charge < -0.3 is 0 Å². The van der Waals surface area contributed by atoms with Crippen LogP contribution in [0.4, 0.5) is 0 Å². The van der Waals surface area contributed by atoms with Gasteiger partial charge in [0.1, 0.15) is 0 Å². The first-order valence-corrected chi connectivity index (χ1v) is 9.44. The maximum absolute atomic E-state index is 2.36. The third-order valence-corrected chi connectivity index (χ3v) is 5.93. The van der Waals surface area contributed by atoms with Crippen LogP contribution in [0.1, 0.15) is 35.6 Å². The van der Waals surface area contributed by atoms with E-state index in [2.05, 4.69) is 104 Å². The van der Waals surface area contributed by atoms with Crippen LogP contribution >= 0.6 is 0 Å². The molecule has 0 N–H and O–H groups in total. The van der Waals surface area contributed by atoms with E-state index in [9.17, 15) is 0 Å². The SMILES string of the molecule is CC1C=CC2=C(C1)C(c1ccccc1)(c1ccccc1)c1ccccc12. The standard InChI is InChI=1S/C26H22/c1-19-16-17-23-22-14-8-9-15-24(22)26(25(23)18-19,20-10-4-2-5-11-20)21-12-6-3-7-13-21/h2-17,19H,18H2,1H3. The van der Waals surface area contributed by atoms with E-state index in [1.807, 2.05) is 0 Å².